The third-order valence-corrected chi connectivity index (χ3v) is 3.88. The van der Waals surface area contributed by atoms with Crippen molar-refractivity contribution in [3.63, 3.8) is 0 Å². The van der Waals surface area contributed by atoms with E-state index in [1.54, 1.807) is 4.68 Å². The number of aliphatic hydroxyl groups is 1. The molecule has 0 aliphatic heterocycles. The minimum Gasteiger partial charge on any atom is -0.391 e. The van der Waals surface area contributed by atoms with Crippen molar-refractivity contribution >= 4 is 5.91 Å². The Morgan fingerprint density at radius 2 is 2.04 bits per heavy atom. The topological polar surface area (TPSA) is 80.0 Å². The molecule has 1 heterocycles. The van der Waals surface area contributed by atoms with Crippen molar-refractivity contribution in [3.05, 3.63) is 41.5 Å². The number of carbonyl (C=O) groups excluding carboxylic acids is 1. The standard InChI is InChI=1S/C18H26N4O2/c1-5-8-14(23)11-19-18(24)17-20-13(4)22(21-17)16-10-7-6-9-15(16)12(2)3/h6-7,9-10,12,14,23H,5,8,11H2,1-4H3,(H,19,24). The van der Waals surface area contributed by atoms with E-state index >= 15 is 0 Å². The Morgan fingerprint density at radius 1 is 1.33 bits per heavy atom. The second-order valence-corrected chi connectivity index (χ2v) is 6.26. The van der Waals surface area contributed by atoms with E-state index in [1.807, 2.05) is 32.0 Å². The van der Waals surface area contributed by atoms with Gasteiger partial charge in [-0.05, 0) is 30.9 Å². The van der Waals surface area contributed by atoms with E-state index < -0.39 is 6.10 Å². The molecule has 6 nitrogen and oxygen atoms in total. The Labute approximate surface area is 142 Å². The van der Waals surface area contributed by atoms with Crippen molar-refractivity contribution in [2.75, 3.05) is 6.54 Å². The lowest BCUT2D eigenvalue weighted by molar-refractivity contribution is 0.0900. The lowest BCUT2D eigenvalue weighted by Gasteiger charge is -2.12. The van der Waals surface area contributed by atoms with E-state index in [1.165, 1.54) is 0 Å². The maximum atomic E-state index is 12.2. The monoisotopic (exact) mass is 330 g/mol. The molecule has 6 heteroatoms. The summed E-state index contributed by atoms with van der Waals surface area (Å²) in [4.78, 5) is 16.5. The number of aliphatic hydroxyl groups excluding tert-OH is 1. The third-order valence-electron chi connectivity index (χ3n) is 3.88. The Morgan fingerprint density at radius 3 is 2.71 bits per heavy atom. The van der Waals surface area contributed by atoms with E-state index in [0.717, 1.165) is 17.7 Å². The summed E-state index contributed by atoms with van der Waals surface area (Å²) in [7, 11) is 0. The Hall–Kier alpha value is -2.21. The summed E-state index contributed by atoms with van der Waals surface area (Å²) in [6, 6.07) is 7.97. The molecule has 1 atom stereocenters. The third kappa shape index (κ3) is 4.20. The van der Waals surface area contributed by atoms with Crippen LogP contribution >= 0.6 is 0 Å². The van der Waals surface area contributed by atoms with Crippen LogP contribution in [0.1, 0.15) is 61.5 Å². The van der Waals surface area contributed by atoms with Gasteiger partial charge in [-0.1, -0.05) is 45.4 Å². The zero-order valence-corrected chi connectivity index (χ0v) is 14.8. The SMILES string of the molecule is CCCC(O)CNC(=O)c1nc(C)n(-c2ccccc2C(C)C)n1. The average molecular weight is 330 g/mol. The van der Waals surface area contributed by atoms with Gasteiger partial charge in [0.2, 0.25) is 5.82 Å². The molecule has 0 saturated heterocycles. The second-order valence-electron chi connectivity index (χ2n) is 6.26. The fraction of sp³-hybridized carbons (Fsp3) is 0.500. The maximum absolute atomic E-state index is 12.2. The summed E-state index contributed by atoms with van der Waals surface area (Å²) in [6.45, 7) is 8.27. The van der Waals surface area contributed by atoms with Crippen LogP contribution < -0.4 is 5.32 Å². The summed E-state index contributed by atoms with van der Waals surface area (Å²) in [5, 5.41) is 16.8. The fourth-order valence-corrected chi connectivity index (χ4v) is 2.61. The molecule has 1 aromatic heterocycles. The first-order valence-corrected chi connectivity index (χ1v) is 8.43. The van der Waals surface area contributed by atoms with Gasteiger partial charge < -0.3 is 10.4 Å². The summed E-state index contributed by atoms with van der Waals surface area (Å²) >= 11 is 0. The maximum Gasteiger partial charge on any atom is 0.291 e. The lowest BCUT2D eigenvalue weighted by atomic mass is 10.0. The number of nitrogens with one attached hydrogen (secondary N) is 1. The quantitative estimate of drug-likeness (QED) is 0.818. The number of benzene rings is 1. The van der Waals surface area contributed by atoms with Crippen molar-refractivity contribution in [1.29, 1.82) is 0 Å². The van der Waals surface area contributed by atoms with Crippen molar-refractivity contribution in [3.8, 4) is 5.69 Å². The molecule has 1 unspecified atom stereocenters. The van der Waals surface area contributed by atoms with Crippen molar-refractivity contribution < 1.29 is 9.90 Å². The van der Waals surface area contributed by atoms with Gasteiger partial charge in [0.05, 0.1) is 11.8 Å². The van der Waals surface area contributed by atoms with Gasteiger partial charge in [0.25, 0.3) is 5.91 Å². The number of nitrogens with zero attached hydrogens (tertiary/aromatic N) is 3. The number of hydrogen-bond donors (Lipinski definition) is 2. The number of carbonyl (C=O) groups is 1. The second kappa shape index (κ2) is 8.06. The van der Waals surface area contributed by atoms with Crippen LogP contribution in [-0.2, 0) is 0 Å². The molecule has 0 saturated carbocycles. The molecule has 1 aromatic carbocycles. The lowest BCUT2D eigenvalue weighted by Crippen LogP contribution is -2.32. The Balaban J connectivity index is 2.20. The minimum absolute atomic E-state index is 0.120. The zero-order chi connectivity index (χ0) is 17.7. The number of hydrogen-bond acceptors (Lipinski definition) is 4. The van der Waals surface area contributed by atoms with E-state index in [0.29, 0.717) is 18.2 Å². The Kier molecular flexibility index (Phi) is 6.09. The molecule has 130 valence electrons. The summed E-state index contributed by atoms with van der Waals surface area (Å²) in [5.74, 6) is 0.748. The van der Waals surface area contributed by atoms with Gasteiger partial charge in [0.15, 0.2) is 0 Å². The molecular formula is C18H26N4O2. The van der Waals surface area contributed by atoms with Crippen LogP contribution in [0.3, 0.4) is 0 Å². The first-order chi connectivity index (χ1) is 11.4. The number of amides is 1. The van der Waals surface area contributed by atoms with Crippen LogP contribution in [0.15, 0.2) is 24.3 Å². The minimum atomic E-state index is -0.538. The predicted molar refractivity (Wildman–Crippen MR) is 93.4 cm³/mol. The molecule has 24 heavy (non-hydrogen) atoms. The highest BCUT2D eigenvalue weighted by Crippen LogP contribution is 2.23. The molecule has 2 aromatic rings. The number of para-hydroxylation sites is 1. The summed E-state index contributed by atoms with van der Waals surface area (Å²) < 4.78 is 1.70. The van der Waals surface area contributed by atoms with Gasteiger partial charge in [-0.2, -0.15) is 0 Å². The van der Waals surface area contributed by atoms with Crippen molar-refractivity contribution in [1.82, 2.24) is 20.1 Å². The normalized spacial score (nSPS) is 12.4. The van der Waals surface area contributed by atoms with E-state index in [-0.39, 0.29) is 18.3 Å². The summed E-state index contributed by atoms with van der Waals surface area (Å²) in [6.07, 6.45) is 0.988. The largest absolute Gasteiger partial charge is 0.391 e. The van der Waals surface area contributed by atoms with Crippen LogP contribution in [0.4, 0.5) is 0 Å². The van der Waals surface area contributed by atoms with E-state index in [9.17, 15) is 9.90 Å². The van der Waals surface area contributed by atoms with Gasteiger partial charge in [-0.25, -0.2) is 9.67 Å². The molecular weight excluding hydrogens is 304 g/mol. The van der Waals surface area contributed by atoms with Gasteiger partial charge in [0.1, 0.15) is 5.82 Å². The summed E-state index contributed by atoms with van der Waals surface area (Å²) in [5.41, 5.74) is 2.08. The fourth-order valence-electron chi connectivity index (χ4n) is 2.61. The predicted octanol–water partition coefficient (Wildman–Crippen LogP) is 2.59. The number of aromatic nitrogens is 3. The molecule has 1 amide bonds. The highest BCUT2D eigenvalue weighted by Gasteiger charge is 2.18. The van der Waals surface area contributed by atoms with Crippen molar-refractivity contribution in [2.24, 2.45) is 0 Å². The van der Waals surface area contributed by atoms with E-state index in [4.69, 9.17) is 0 Å². The van der Waals surface area contributed by atoms with Gasteiger partial charge in [-0.3, -0.25) is 4.79 Å². The van der Waals surface area contributed by atoms with Crippen LogP contribution in [0.5, 0.6) is 0 Å². The molecule has 0 radical (unpaired) electrons. The number of rotatable bonds is 7. The van der Waals surface area contributed by atoms with Gasteiger partial charge >= 0.3 is 0 Å². The van der Waals surface area contributed by atoms with E-state index in [2.05, 4.69) is 35.3 Å². The molecule has 0 fully saturated rings. The molecule has 2 rings (SSSR count). The van der Waals surface area contributed by atoms with Gasteiger partial charge in [-0.15, -0.1) is 5.10 Å². The van der Waals surface area contributed by atoms with Gasteiger partial charge in [0, 0.05) is 6.54 Å². The smallest absolute Gasteiger partial charge is 0.291 e. The zero-order valence-electron chi connectivity index (χ0n) is 14.8. The highest BCUT2D eigenvalue weighted by molar-refractivity contribution is 5.90. The first kappa shape index (κ1) is 18.1. The van der Waals surface area contributed by atoms with Crippen molar-refractivity contribution in [2.45, 2.75) is 52.6 Å². The molecule has 0 spiro atoms. The molecule has 0 bridgehead atoms. The molecule has 2 N–H and O–H groups in total. The van der Waals surface area contributed by atoms with Crippen LogP contribution in [0, 0.1) is 6.92 Å². The van der Waals surface area contributed by atoms with Crippen LogP contribution in [-0.4, -0.2) is 38.4 Å². The molecule has 0 aliphatic carbocycles. The van der Waals surface area contributed by atoms with Crippen LogP contribution in [0.2, 0.25) is 0 Å². The Bertz CT molecular complexity index is 694. The number of aryl methyl sites for hydroxylation is 1. The average Bonchev–Trinajstić information content (AvgIpc) is 2.94. The molecule has 0 aliphatic rings. The van der Waals surface area contributed by atoms with Crippen LogP contribution in [0.25, 0.3) is 5.69 Å². The first-order valence-electron chi connectivity index (χ1n) is 8.43. The highest BCUT2D eigenvalue weighted by atomic mass is 16.3.